The Morgan fingerprint density at radius 2 is 1.43 bits per heavy atom. The van der Waals surface area contributed by atoms with Gasteiger partial charge < -0.3 is 15.4 Å². The van der Waals surface area contributed by atoms with Crippen LogP contribution in [-0.4, -0.2) is 17.6 Å². The van der Waals surface area contributed by atoms with Gasteiger partial charge in [-0.1, -0.05) is 72.8 Å². The molecule has 0 heterocycles. The maximum Gasteiger partial charge on any atom is 0.238 e. The number of nitrogens with one attached hydrogen (secondary N) is 2. The molecule has 1 amide bonds. The summed E-state index contributed by atoms with van der Waals surface area (Å²) in [5.41, 5.74) is 2.53. The molecule has 0 unspecified atom stereocenters. The van der Waals surface area contributed by atoms with E-state index in [2.05, 4.69) is 10.6 Å². The number of carbonyl (C=O) groups excluding carboxylic acids is 1. The van der Waals surface area contributed by atoms with Crippen molar-refractivity contribution in [3.8, 4) is 5.75 Å². The minimum Gasteiger partial charge on any atom is -0.492 e. The first-order valence-corrected chi connectivity index (χ1v) is 9.53. The monoisotopic (exact) mass is 390 g/mol. The first kappa shape index (κ1) is 19.6. The Hall–Kier alpha value is -3.18. The molecule has 28 heavy (non-hydrogen) atoms. The van der Waals surface area contributed by atoms with Gasteiger partial charge in [-0.25, -0.2) is 0 Å². The quantitative estimate of drug-likeness (QED) is 0.598. The fourth-order valence-corrected chi connectivity index (χ4v) is 3.19. The molecule has 0 saturated carbocycles. The number of rotatable bonds is 6. The minimum absolute atomic E-state index is 0.191. The molecule has 5 heteroatoms. The van der Waals surface area contributed by atoms with E-state index in [1.807, 2.05) is 91.9 Å². The van der Waals surface area contributed by atoms with E-state index in [0.717, 1.165) is 11.1 Å². The summed E-state index contributed by atoms with van der Waals surface area (Å²) in [7, 11) is 0. The number of para-hydroxylation sites is 2. The molecular weight excluding hydrogens is 368 g/mol. The van der Waals surface area contributed by atoms with E-state index in [0.29, 0.717) is 18.0 Å². The number of carbonyl (C=O) groups is 1. The van der Waals surface area contributed by atoms with Gasteiger partial charge in [-0.05, 0) is 42.4 Å². The van der Waals surface area contributed by atoms with E-state index >= 15 is 0 Å². The normalized spacial score (nSPS) is 10.4. The summed E-state index contributed by atoms with van der Waals surface area (Å²) in [6.07, 6.45) is 0. The van der Waals surface area contributed by atoms with Crippen LogP contribution in [0.25, 0.3) is 0 Å². The van der Waals surface area contributed by atoms with E-state index < -0.39 is 5.92 Å². The molecule has 3 aromatic rings. The van der Waals surface area contributed by atoms with Crippen molar-refractivity contribution < 1.29 is 9.53 Å². The molecule has 4 nitrogen and oxygen atoms in total. The molecule has 0 atom stereocenters. The highest BCUT2D eigenvalue weighted by atomic mass is 32.1. The Bertz CT molecular complexity index is 890. The summed E-state index contributed by atoms with van der Waals surface area (Å²) in [5.74, 6) is 0.0392. The van der Waals surface area contributed by atoms with Gasteiger partial charge in [-0.3, -0.25) is 4.79 Å². The molecule has 0 aliphatic carbocycles. The lowest BCUT2D eigenvalue weighted by molar-refractivity contribution is -0.120. The van der Waals surface area contributed by atoms with Crippen LogP contribution in [0.15, 0.2) is 84.9 Å². The van der Waals surface area contributed by atoms with Crippen LogP contribution in [0.2, 0.25) is 0 Å². The molecule has 0 radical (unpaired) electrons. The summed E-state index contributed by atoms with van der Waals surface area (Å²) in [5, 5.41) is 6.11. The standard InChI is InChI=1S/C23H22N2O2S/c1-2-27-20-16-10-9-15-19(20)24-23(28)25-22(26)21(17-11-5-3-6-12-17)18-13-7-4-8-14-18/h3-16,21H,2H2,1H3,(H2,24,25,26,28). The van der Waals surface area contributed by atoms with E-state index in [1.54, 1.807) is 0 Å². The highest BCUT2D eigenvalue weighted by molar-refractivity contribution is 7.80. The van der Waals surface area contributed by atoms with E-state index in [4.69, 9.17) is 17.0 Å². The third-order valence-electron chi connectivity index (χ3n) is 4.20. The van der Waals surface area contributed by atoms with Crippen LogP contribution in [0, 0.1) is 0 Å². The summed E-state index contributed by atoms with van der Waals surface area (Å²) < 4.78 is 5.59. The average molecular weight is 391 g/mol. The predicted octanol–water partition coefficient (Wildman–Crippen LogP) is 4.73. The molecule has 0 aromatic heterocycles. The van der Waals surface area contributed by atoms with Crippen LogP contribution >= 0.6 is 12.2 Å². The van der Waals surface area contributed by atoms with Crippen LogP contribution in [0.5, 0.6) is 5.75 Å². The zero-order valence-corrected chi connectivity index (χ0v) is 16.4. The molecular formula is C23H22N2O2S. The van der Waals surface area contributed by atoms with Crippen LogP contribution < -0.4 is 15.4 Å². The third-order valence-corrected chi connectivity index (χ3v) is 4.40. The van der Waals surface area contributed by atoms with E-state index in [1.165, 1.54) is 0 Å². The first-order valence-electron chi connectivity index (χ1n) is 9.12. The van der Waals surface area contributed by atoms with Gasteiger partial charge in [0.1, 0.15) is 5.75 Å². The SMILES string of the molecule is CCOc1ccccc1NC(=S)NC(=O)C(c1ccccc1)c1ccccc1. The van der Waals surface area contributed by atoms with Crippen molar-refractivity contribution in [2.24, 2.45) is 0 Å². The molecule has 0 saturated heterocycles. The Morgan fingerprint density at radius 3 is 2.00 bits per heavy atom. The fraction of sp³-hybridized carbons (Fsp3) is 0.130. The van der Waals surface area contributed by atoms with Crippen molar-refractivity contribution in [1.29, 1.82) is 0 Å². The largest absolute Gasteiger partial charge is 0.492 e. The lowest BCUT2D eigenvalue weighted by Gasteiger charge is -2.19. The van der Waals surface area contributed by atoms with Gasteiger partial charge in [0.15, 0.2) is 5.11 Å². The van der Waals surface area contributed by atoms with Crippen molar-refractivity contribution in [1.82, 2.24) is 5.32 Å². The maximum atomic E-state index is 13.1. The fourth-order valence-electron chi connectivity index (χ4n) is 2.98. The maximum absolute atomic E-state index is 13.1. The molecule has 0 aliphatic heterocycles. The van der Waals surface area contributed by atoms with E-state index in [-0.39, 0.29) is 11.0 Å². The summed E-state index contributed by atoms with van der Waals surface area (Å²) >= 11 is 5.38. The Labute approximate surface area is 170 Å². The number of benzene rings is 3. The molecule has 3 rings (SSSR count). The summed E-state index contributed by atoms with van der Waals surface area (Å²) in [6, 6.07) is 26.8. The Balaban J connectivity index is 1.78. The zero-order valence-electron chi connectivity index (χ0n) is 15.6. The number of thiocarbonyl (C=S) groups is 1. The van der Waals surface area contributed by atoms with Crippen LogP contribution in [0.1, 0.15) is 24.0 Å². The number of hydrogen-bond donors (Lipinski definition) is 2. The Kier molecular flexibility index (Phi) is 6.76. The second-order valence-corrected chi connectivity index (χ2v) is 6.54. The summed E-state index contributed by atoms with van der Waals surface area (Å²) in [4.78, 5) is 13.1. The second-order valence-electron chi connectivity index (χ2n) is 6.13. The van der Waals surface area contributed by atoms with Gasteiger partial charge >= 0.3 is 0 Å². The van der Waals surface area contributed by atoms with Crippen LogP contribution in [0.3, 0.4) is 0 Å². The van der Waals surface area contributed by atoms with Crippen molar-refractivity contribution in [2.75, 3.05) is 11.9 Å². The van der Waals surface area contributed by atoms with Gasteiger partial charge in [0.25, 0.3) is 0 Å². The van der Waals surface area contributed by atoms with Crippen LogP contribution in [0.4, 0.5) is 5.69 Å². The lowest BCUT2D eigenvalue weighted by Crippen LogP contribution is -2.38. The molecule has 142 valence electrons. The van der Waals surface area contributed by atoms with Crippen molar-refractivity contribution in [3.05, 3.63) is 96.1 Å². The first-order chi connectivity index (χ1) is 13.7. The van der Waals surface area contributed by atoms with Crippen LogP contribution in [-0.2, 0) is 4.79 Å². The zero-order chi connectivity index (χ0) is 19.8. The molecule has 0 spiro atoms. The molecule has 0 fully saturated rings. The van der Waals surface area contributed by atoms with Gasteiger partial charge in [0, 0.05) is 0 Å². The van der Waals surface area contributed by atoms with Gasteiger partial charge in [-0.2, -0.15) is 0 Å². The topological polar surface area (TPSA) is 50.4 Å². The highest BCUT2D eigenvalue weighted by Gasteiger charge is 2.23. The smallest absolute Gasteiger partial charge is 0.238 e. The predicted molar refractivity (Wildman–Crippen MR) is 117 cm³/mol. The summed E-state index contributed by atoms with van der Waals surface area (Å²) in [6.45, 7) is 2.46. The van der Waals surface area contributed by atoms with Gasteiger partial charge in [0.05, 0.1) is 18.2 Å². The minimum atomic E-state index is -0.454. The molecule has 0 bridgehead atoms. The number of ether oxygens (including phenoxy) is 1. The van der Waals surface area contributed by atoms with Crippen molar-refractivity contribution in [2.45, 2.75) is 12.8 Å². The van der Waals surface area contributed by atoms with Crippen molar-refractivity contribution in [3.63, 3.8) is 0 Å². The number of amides is 1. The second kappa shape index (κ2) is 9.67. The highest BCUT2D eigenvalue weighted by Crippen LogP contribution is 2.26. The number of hydrogen-bond acceptors (Lipinski definition) is 3. The lowest BCUT2D eigenvalue weighted by atomic mass is 9.90. The molecule has 3 aromatic carbocycles. The van der Waals surface area contributed by atoms with E-state index in [9.17, 15) is 4.79 Å². The van der Waals surface area contributed by atoms with Gasteiger partial charge in [-0.15, -0.1) is 0 Å². The Morgan fingerprint density at radius 1 is 0.893 bits per heavy atom. The molecule has 0 aliphatic rings. The number of anilines is 1. The third kappa shape index (κ3) is 4.96. The van der Waals surface area contributed by atoms with Gasteiger partial charge in [0.2, 0.25) is 5.91 Å². The average Bonchev–Trinajstić information content (AvgIpc) is 2.71. The molecule has 2 N–H and O–H groups in total. The van der Waals surface area contributed by atoms with Crippen molar-refractivity contribution >= 4 is 28.9 Å².